The van der Waals surface area contributed by atoms with Gasteiger partial charge in [-0.25, -0.2) is 4.39 Å². The summed E-state index contributed by atoms with van der Waals surface area (Å²) in [6.07, 6.45) is 6.57. The molecule has 1 heterocycles. The molecule has 2 N–H and O–H groups in total. The van der Waals surface area contributed by atoms with Gasteiger partial charge < -0.3 is 10.3 Å². The van der Waals surface area contributed by atoms with Gasteiger partial charge in [0.25, 0.3) is 5.91 Å². The lowest BCUT2D eigenvalue weighted by Gasteiger charge is -1.94. The summed E-state index contributed by atoms with van der Waals surface area (Å²) in [6.45, 7) is 5.01. The average molecular weight is 250 g/mol. The molecule has 0 spiro atoms. The van der Waals surface area contributed by atoms with Crippen molar-refractivity contribution in [2.24, 2.45) is 5.73 Å². The minimum atomic E-state index is -0.574. The van der Waals surface area contributed by atoms with Gasteiger partial charge in [-0.2, -0.15) is 0 Å². The van der Waals surface area contributed by atoms with Gasteiger partial charge in [-0.1, -0.05) is 30.0 Å². The standard InChI is InChI=1S/C13H15FN2O2/c1-3-6-10(14)7-4-5-8-11-12(13(15)17)9(2)18-16-11/h3-6H,1,7-8H2,2H3,(H2,15,17)/b5-4-,10-6+. The lowest BCUT2D eigenvalue weighted by Crippen LogP contribution is -2.13. The van der Waals surface area contributed by atoms with Gasteiger partial charge in [-0.05, 0) is 13.0 Å². The van der Waals surface area contributed by atoms with Gasteiger partial charge in [0.2, 0.25) is 0 Å². The molecule has 1 rings (SSSR count). The topological polar surface area (TPSA) is 69.1 Å². The normalized spacial score (nSPS) is 12.0. The number of primary amides is 1. The zero-order valence-corrected chi connectivity index (χ0v) is 10.1. The Kier molecular flexibility index (Phi) is 5.05. The van der Waals surface area contributed by atoms with Crippen LogP contribution in [0, 0.1) is 6.92 Å². The van der Waals surface area contributed by atoms with Crippen molar-refractivity contribution in [1.82, 2.24) is 5.16 Å². The van der Waals surface area contributed by atoms with Gasteiger partial charge >= 0.3 is 0 Å². The molecule has 0 aliphatic rings. The Labute approximate surface area is 105 Å². The highest BCUT2D eigenvalue weighted by molar-refractivity contribution is 5.94. The second-order valence-corrected chi connectivity index (χ2v) is 3.65. The summed E-state index contributed by atoms with van der Waals surface area (Å²) in [5.74, 6) is -0.466. The smallest absolute Gasteiger partial charge is 0.254 e. The lowest BCUT2D eigenvalue weighted by molar-refractivity contribution is 0.0998. The third-order valence-corrected chi connectivity index (χ3v) is 2.27. The Morgan fingerprint density at radius 3 is 2.89 bits per heavy atom. The molecule has 0 fully saturated rings. The fraction of sp³-hybridized carbons (Fsp3) is 0.231. The summed E-state index contributed by atoms with van der Waals surface area (Å²) in [5, 5.41) is 3.74. The molecule has 18 heavy (non-hydrogen) atoms. The molecule has 0 aromatic carbocycles. The van der Waals surface area contributed by atoms with Crippen molar-refractivity contribution in [3.63, 3.8) is 0 Å². The highest BCUT2D eigenvalue weighted by Gasteiger charge is 2.16. The lowest BCUT2D eigenvalue weighted by atomic mass is 10.1. The van der Waals surface area contributed by atoms with E-state index in [1.165, 1.54) is 12.2 Å². The predicted molar refractivity (Wildman–Crippen MR) is 66.6 cm³/mol. The summed E-state index contributed by atoms with van der Waals surface area (Å²) >= 11 is 0. The number of allylic oxidation sites excluding steroid dienone is 5. The van der Waals surface area contributed by atoms with E-state index >= 15 is 0 Å². The molecule has 96 valence electrons. The van der Waals surface area contributed by atoms with Crippen LogP contribution in [0.2, 0.25) is 0 Å². The van der Waals surface area contributed by atoms with Crippen molar-refractivity contribution in [2.75, 3.05) is 0 Å². The molecule has 5 heteroatoms. The van der Waals surface area contributed by atoms with Gasteiger partial charge in [0, 0.05) is 12.8 Å². The third-order valence-electron chi connectivity index (χ3n) is 2.27. The van der Waals surface area contributed by atoms with Crippen molar-refractivity contribution >= 4 is 5.91 Å². The minimum absolute atomic E-state index is 0.175. The molecule has 0 aliphatic heterocycles. The molecule has 1 aromatic heterocycles. The number of rotatable bonds is 6. The average Bonchev–Trinajstić information content (AvgIpc) is 2.66. The summed E-state index contributed by atoms with van der Waals surface area (Å²) in [5.41, 5.74) is 5.96. The summed E-state index contributed by atoms with van der Waals surface area (Å²) < 4.78 is 17.9. The van der Waals surface area contributed by atoms with E-state index in [-0.39, 0.29) is 12.2 Å². The van der Waals surface area contributed by atoms with E-state index in [0.717, 1.165) is 0 Å². The van der Waals surface area contributed by atoms with Crippen molar-refractivity contribution in [3.05, 3.63) is 53.7 Å². The summed E-state index contributed by atoms with van der Waals surface area (Å²) in [7, 11) is 0. The fourth-order valence-corrected chi connectivity index (χ4v) is 1.46. The zero-order chi connectivity index (χ0) is 13.5. The van der Waals surface area contributed by atoms with Gasteiger partial charge in [0.05, 0.1) is 0 Å². The van der Waals surface area contributed by atoms with Gasteiger partial charge in [-0.3, -0.25) is 4.79 Å². The van der Waals surface area contributed by atoms with Crippen LogP contribution in [0.5, 0.6) is 0 Å². The second kappa shape index (κ2) is 6.54. The summed E-state index contributed by atoms with van der Waals surface area (Å²) in [4.78, 5) is 11.1. The van der Waals surface area contributed by atoms with E-state index in [0.29, 0.717) is 23.4 Å². The predicted octanol–water partition coefficient (Wildman–Crippen LogP) is 2.61. The maximum atomic E-state index is 13.0. The van der Waals surface area contributed by atoms with Crippen molar-refractivity contribution in [2.45, 2.75) is 19.8 Å². The number of hydrogen-bond acceptors (Lipinski definition) is 3. The molecule has 1 amide bonds. The Balaban J connectivity index is 2.64. The Morgan fingerprint density at radius 2 is 2.28 bits per heavy atom. The van der Waals surface area contributed by atoms with Crippen LogP contribution in [0.1, 0.15) is 28.2 Å². The molecule has 1 aromatic rings. The maximum absolute atomic E-state index is 13.0. The number of amides is 1. The molecular weight excluding hydrogens is 235 g/mol. The van der Waals surface area contributed by atoms with Gasteiger partial charge in [0.1, 0.15) is 22.8 Å². The van der Waals surface area contributed by atoms with Crippen LogP contribution in [-0.4, -0.2) is 11.1 Å². The largest absolute Gasteiger partial charge is 0.365 e. The fourth-order valence-electron chi connectivity index (χ4n) is 1.46. The molecule has 0 aliphatic carbocycles. The van der Waals surface area contributed by atoms with Gasteiger partial charge in [0.15, 0.2) is 0 Å². The van der Waals surface area contributed by atoms with E-state index in [9.17, 15) is 9.18 Å². The van der Waals surface area contributed by atoms with Crippen LogP contribution in [0.4, 0.5) is 4.39 Å². The number of carbonyl (C=O) groups excluding carboxylic acids is 1. The molecular formula is C13H15FN2O2. The zero-order valence-electron chi connectivity index (χ0n) is 10.1. The molecule has 0 radical (unpaired) electrons. The van der Waals surface area contributed by atoms with E-state index in [1.807, 2.05) is 0 Å². The van der Waals surface area contributed by atoms with E-state index in [4.69, 9.17) is 10.3 Å². The van der Waals surface area contributed by atoms with E-state index in [2.05, 4.69) is 11.7 Å². The van der Waals surface area contributed by atoms with Crippen LogP contribution in [-0.2, 0) is 6.42 Å². The number of hydrogen-bond donors (Lipinski definition) is 1. The number of aryl methyl sites for hydroxylation is 1. The Hall–Kier alpha value is -2.17. The highest BCUT2D eigenvalue weighted by Crippen LogP contribution is 2.14. The van der Waals surface area contributed by atoms with Crippen LogP contribution < -0.4 is 5.73 Å². The molecule has 0 saturated carbocycles. The van der Waals surface area contributed by atoms with E-state index < -0.39 is 5.91 Å². The quantitative estimate of drug-likeness (QED) is 0.623. The second-order valence-electron chi connectivity index (χ2n) is 3.65. The van der Waals surface area contributed by atoms with Crippen LogP contribution in [0.15, 0.2) is 41.2 Å². The Bertz CT molecular complexity index is 501. The molecule has 0 atom stereocenters. The van der Waals surface area contributed by atoms with E-state index in [1.54, 1.807) is 19.1 Å². The molecule has 0 saturated heterocycles. The number of nitrogens with two attached hydrogens (primary N) is 1. The van der Waals surface area contributed by atoms with Crippen molar-refractivity contribution in [3.8, 4) is 0 Å². The highest BCUT2D eigenvalue weighted by atomic mass is 19.1. The molecule has 4 nitrogen and oxygen atoms in total. The monoisotopic (exact) mass is 250 g/mol. The third kappa shape index (κ3) is 3.69. The first-order valence-corrected chi connectivity index (χ1v) is 5.43. The van der Waals surface area contributed by atoms with Crippen LogP contribution in [0.3, 0.4) is 0 Å². The number of nitrogens with zero attached hydrogens (tertiary/aromatic N) is 1. The van der Waals surface area contributed by atoms with Crippen LogP contribution >= 0.6 is 0 Å². The van der Waals surface area contributed by atoms with Crippen LogP contribution in [0.25, 0.3) is 0 Å². The van der Waals surface area contributed by atoms with Crippen molar-refractivity contribution in [1.29, 1.82) is 0 Å². The Morgan fingerprint density at radius 1 is 1.56 bits per heavy atom. The number of halogens is 1. The van der Waals surface area contributed by atoms with Gasteiger partial charge in [-0.15, -0.1) is 0 Å². The first kappa shape index (κ1) is 13.9. The number of carbonyl (C=O) groups is 1. The molecule has 0 bridgehead atoms. The van der Waals surface area contributed by atoms with Crippen molar-refractivity contribution < 1.29 is 13.7 Å². The maximum Gasteiger partial charge on any atom is 0.254 e. The SMILES string of the molecule is C=C/C=C(/F)C/C=C\Cc1noc(C)c1C(N)=O. The first-order chi connectivity index (χ1) is 8.56. The molecule has 0 unspecified atom stereocenters. The summed E-state index contributed by atoms with van der Waals surface area (Å²) in [6, 6.07) is 0. The minimum Gasteiger partial charge on any atom is -0.365 e. The number of aromatic nitrogens is 1. The first-order valence-electron chi connectivity index (χ1n) is 5.43.